The normalized spacial score (nSPS) is 10.4. The van der Waals surface area contributed by atoms with E-state index in [9.17, 15) is 0 Å². The maximum absolute atomic E-state index is 4.47. The fourth-order valence-corrected chi connectivity index (χ4v) is 2.56. The van der Waals surface area contributed by atoms with E-state index in [0.717, 1.165) is 11.1 Å². The van der Waals surface area contributed by atoms with Gasteiger partial charge in [-0.05, 0) is 11.1 Å². The molecule has 0 atom stereocenters. The standard InChI is InChI=1S/C20H18N8/c1-3-7-15(8-4-1)11-21-19-25-17(13-23-27-19)18-14-24-28-20(26-18)22-12-16-9-5-2-6-10-16/h1-10,13-14H,11-12H2,(H,21,25,27)(H,22,26,28). The lowest BCUT2D eigenvalue weighted by molar-refractivity contribution is 0.924. The summed E-state index contributed by atoms with van der Waals surface area (Å²) in [6, 6.07) is 20.0. The van der Waals surface area contributed by atoms with Crippen molar-refractivity contribution >= 4 is 11.9 Å². The van der Waals surface area contributed by atoms with Crippen LogP contribution in [0.4, 0.5) is 11.9 Å². The quantitative estimate of drug-likeness (QED) is 0.512. The van der Waals surface area contributed by atoms with Crippen molar-refractivity contribution < 1.29 is 0 Å². The van der Waals surface area contributed by atoms with Crippen LogP contribution in [0.15, 0.2) is 73.1 Å². The fraction of sp³-hybridized carbons (Fsp3) is 0.100. The van der Waals surface area contributed by atoms with Crippen LogP contribution in [0.3, 0.4) is 0 Å². The molecule has 0 bridgehead atoms. The van der Waals surface area contributed by atoms with E-state index in [4.69, 9.17) is 0 Å². The van der Waals surface area contributed by atoms with Crippen LogP contribution in [-0.4, -0.2) is 30.4 Å². The number of hydrogen-bond donors (Lipinski definition) is 2. The van der Waals surface area contributed by atoms with Gasteiger partial charge in [0, 0.05) is 13.1 Å². The smallest absolute Gasteiger partial charge is 0.243 e. The van der Waals surface area contributed by atoms with Gasteiger partial charge in [0.1, 0.15) is 11.4 Å². The minimum absolute atomic E-state index is 0.429. The molecule has 0 aliphatic rings. The van der Waals surface area contributed by atoms with Crippen molar-refractivity contribution in [1.82, 2.24) is 30.4 Å². The molecule has 0 aliphatic carbocycles. The first kappa shape index (κ1) is 17.5. The molecule has 138 valence electrons. The molecule has 28 heavy (non-hydrogen) atoms. The van der Waals surface area contributed by atoms with Crippen molar-refractivity contribution in [1.29, 1.82) is 0 Å². The fourth-order valence-electron chi connectivity index (χ4n) is 2.56. The highest BCUT2D eigenvalue weighted by atomic mass is 15.3. The minimum atomic E-state index is 0.429. The minimum Gasteiger partial charge on any atom is -0.349 e. The van der Waals surface area contributed by atoms with Gasteiger partial charge in [0.25, 0.3) is 0 Å². The largest absolute Gasteiger partial charge is 0.349 e. The van der Waals surface area contributed by atoms with E-state index in [2.05, 4.69) is 41.0 Å². The summed E-state index contributed by atoms with van der Waals surface area (Å²) in [6.45, 7) is 1.22. The number of anilines is 2. The van der Waals surface area contributed by atoms with Crippen LogP contribution in [0.5, 0.6) is 0 Å². The van der Waals surface area contributed by atoms with E-state index in [1.165, 1.54) is 0 Å². The summed E-state index contributed by atoms with van der Waals surface area (Å²) in [7, 11) is 0. The molecule has 4 rings (SSSR count). The van der Waals surface area contributed by atoms with E-state index in [1.54, 1.807) is 12.4 Å². The third-order valence-electron chi connectivity index (χ3n) is 3.97. The van der Waals surface area contributed by atoms with Crippen LogP contribution in [0, 0.1) is 0 Å². The number of benzene rings is 2. The molecule has 8 heteroatoms. The number of aromatic nitrogens is 6. The topological polar surface area (TPSA) is 101 Å². The van der Waals surface area contributed by atoms with Crippen molar-refractivity contribution in [2.45, 2.75) is 13.1 Å². The van der Waals surface area contributed by atoms with E-state index in [-0.39, 0.29) is 0 Å². The van der Waals surface area contributed by atoms with Crippen LogP contribution in [0.1, 0.15) is 11.1 Å². The van der Waals surface area contributed by atoms with Gasteiger partial charge >= 0.3 is 0 Å². The van der Waals surface area contributed by atoms with E-state index in [0.29, 0.717) is 36.4 Å². The first-order valence-corrected chi connectivity index (χ1v) is 8.82. The first-order valence-electron chi connectivity index (χ1n) is 8.82. The van der Waals surface area contributed by atoms with Gasteiger partial charge in [-0.15, -0.1) is 10.2 Å². The molecule has 8 nitrogen and oxygen atoms in total. The molecule has 0 saturated heterocycles. The highest BCUT2D eigenvalue weighted by Gasteiger charge is 2.08. The molecule has 0 aliphatic heterocycles. The van der Waals surface area contributed by atoms with Gasteiger partial charge in [-0.25, -0.2) is 9.97 Å². The molecule has 0 fully saturated rings. The Labute approximate surface area is 162 Å². The zero-order valence-electron chi connectivity index (χ0n) is 15.0. The first-order chi connectivity index (χ1) is 13.9. The Balaban J connectivity index is 1.45. The van der Waals surface area contributed by atoms with Crippen LogP contribution in [0.25, 0.3) is 11.4 Å². The van der Waals surface area contributed by atoms with Crippen molar-refractivity contribution in [2.24, 2.45) is 0 Å². The Morgan fingerprint density at radius 1 is 0.571 bits per heavy atom. The highest BCUT2D eigenvalue weighted by molar-refractivity contribution is 5.54. The van der Waals surface area contributed by atoms with Crippen molar-refractivity contribution in [3.8, 4) is 11.4 Å². The van der Waals surface area contributed by atoms with Crippen LogP contribution in [-0.2, 0) is 13.1 Å². The zero-order chi connectivity index (χ0) is 19.0. The average Bonchev–Trinajstić information content (AvgIpc) is 2.78. The van der Waals surface area contributed by atoms with E-state index >= 15 is 0 Å². The highest BCUT2D eigenvalue weighted by Crippen LogP contribution is 2.15. The summed E-state index contributed by atoms with van der Waals surface area (Å²) < 4.78 is 0. The van der Waals surface area contributed by atoms with Crippen LogP contribution < -0.4 is 10.6 Å². The number of nitrogens with zero attached hydrogens (tertiary/aromatic N) is 6. The molecule has 4 aromatic rings. The summed E-state index contributed by atoms with van der Waals surface area (Å²) in [5, 5.41) is 22.4. The predicted molar refractivity (Wildman–Crippen MR) is 106 cm³/mol. The Bertz CT molecular complexity index is 939. The van der Waals surface area contributed by atoms with Crippen LogP contribution >= 0.6 is 0 Å². The van der Waals surface area contributed by atoms with Gasteiger partial charge in [0.05, 0.1) is 12.4 Å². The zero-order valence-corrected chi connectivity index (χ0v) is 15.0. The molecule has 2 heterocycles. The summed E-state index contributed by atoms with van der Waals surface area (Å²) in [5.41, 5.74) is 3.41. The molecular formula is C20H18N8. The lowest BCUT2D eigenvalue weighted by atomic mass is 10.2. The Morgan fingerprint density at radius 2 is 1.00 bits per heavy atom. The molecule has 0 unspecified atom stereocenters. The molecule has 2 aromatic carbocycles. The molecule has 2 N–H and O–H groups in total. The third kappa shape index (κ3) is 4.61. The maximum Gasteiger partial charge on any atom is 0.243 e. The Morgan fingerprint density at radius 3 is 1.43 bits per heavy atom. The monoisotopic (exact) mass is 370 g/mol. The van der Waals surface area contributed by atoms with Crippen molar-refractivity contribution in [3.05, 3.63) is 84.2 Å². The third-order valence-corrected chi connectivity index (χ3v) is 3.97. The lowest BCUT2D eigenvalue weighted by Crippen LogP contribution is -2.07. The molecular weight excluding hydrogens is 352 g/mol. The summed E-state index contributed by atoms with van der Waals surface area (Å²) in [6.07, 6.45) is 3.11. The Hall–Kier alpha value is -3.94. The van der Waals surface area contributed by atoms with Crippen LogP contribution in [0.2, 0.25) is 0 Å². The summed E-state index contributed by atoms with van der Waals surface area (Å²) >= 11 is 0. The van der Waals surface area contributed by atoms with E-state index < -0.39 is 0 Å². The Kier molecular flexibility index (Phi) is 5.39. The number of rotatable bonds is 7. The lowest BCUT2D eigenvalue weighted by Gasteiger charge is -2.07. The van der Waals surface area contributed by atoms with Gasteiger partial charge < -0.3 is 10.6 Å². The molecule has 0 spiro atoms. The van der Waals surface area contributed by atoms with E-state index in [1.807, 2.05) is 60.7 Å². The number of hydrogen-bond acceptors (Lipinski definition) is 8. The molecule has 2 aromatic heterocycles. The second kappa shape index (κ2) is 8.63. The second-order valence-corrected chi connectivity index (χ2v) is 6.01. The SMILES string of the molecule is c1ccc(CNc2nncc(-c3cnnc(NCc4ccccc4)n3)n2)cc1. The van der Waals surface area contributed by atoms with Gasteiger partial charge in [0.15, 0.2) is 0 Å². The molecule has 0 radical (unpaired) electrons. The van der Waals surface area contributed by atoms with Gasteiger partial charge in [-0.2, -0.15) is 10.2 Å². The molecule has 0 amide bonds. The predicted octanol–water partition coefficient (Wildman–Crippen LogP) is 2.95. The van der Waals surface area contributed by atoms with Gasteiger partial charge in [-0.1, -0.05) is 60.7 Å². The second-order valence-electron chi connectivity index (χ2n) is 6.01. The van der Waals surface area contributed by atoms with Gasteiger partial charge in [0.2, 0.25) is 11.9 Å². The summed E-state index contributed by atoms with van der Waals surface area (Å²) in [4.78, 5) is 8.95. The van der Waals surface area contributed by atoms with Gasteiger partial charge in [-0.3, -0.25) is 0 Å². The summed E-state index contributed by atoms with van der Waals surface area (Å²) in [5.74, 6) is 0.859. The average molecular weight is 370 g/mol. The van der Waals surface area contributed by atoms with Crippen molar-refractivity contribution in [2.75, 3.05) is 10.6 Å². The molecule has 0 saturated carbocycles. The van der Waals surface area contributed by atoms with Crippen molar-refractivity contribution in [3.63, 3.8) is 0 Å². The maximum atomic E-state index is 4.47. The number of nitrogens with one attached hydrogen (secondary N) is 2.